The molecule has 13 heavy (non-hydrogen) atoms. The van der Waals surface area contributed by atoms with Crippen molar-refractivity contribution in [2.75, 3.05) is 33.0 Å². The van der Waals surface area contributed by atoms with Crippen LogP contribution in [0.1, 0.15) is 0 Å². The predicted octanol–water partition coefficient (Wildman–Crippen LogP) is 0.826. The summed E-state index contributed by atoms with van der Waals surface area (Å²) >= 11 is 0. The maximum atomic E-state index is 11.5. The van der Waals surface area contributed by atoms with Gasteiger partial charge < -0.3 is 9.47 Å². The Balaban J connectivity index is 2.99. The van der Waals surface area contributed by atoms with Crippen LogP contribution in [-0.4, -0.2) is 39.0 Å². The zero-order valence-corrected chi connectivity index (χ0v) is 6.98. The minimum Gasteiger partial charge on any atom is -0.379 e. The molecule has 0 aromatic carbocycles. The maximum Gasteiger partial charge on any atom is 0.326 e. The molecule has 0 heterocycles. The Hall–Kier alpha value is -1.17. The maximum absolute atomic E-state index is 11.5. The molecule has 0 atom stereocenters. The van der Waals surface area contributed by atoms with Crippen LogP contribution in [0.25, 0.3) is 10.4 Å². The second-order valence-corrected chi connectivity index (χ2v) is 1.97. The third-order valence-electron chi connectivity index (χ3n) is 0.986. The number of ether oxygens (including phenoxy) is 2. The van der Waals surface area contributed by atoms with Gasteiger partial charge in [-0.15, -0.1) is 0 Å². The molecule has 0 aromatic rings. The van der Waals surface area contributed by atoms with Crippen LogP contribution in [0.3, 0.4) is 0 Å². The van der Waals surface area contributed by atoms with E-state index in [2.05, 4.69) is 14.8 Å². The van der Waals surface area contributed by atoms with Gasteiger partial charge in [0.2, 0.25) is 0 Å². The Labute approximate surface area is 74.3 Å². The van der Waals surface area contributed by atoms with Gasteiger partial charge in [0, 0.05) is 11.5 Å². The lowest BCUT2D eigenvalue weighted by atomic mass is 10.7. The molecule has 0 spiro atoms. The van der Waals surface area contributed by atoms with Crippen molar-refractivity contribution in [2.45, 2.75) is 0 Å². The lowest BCUT2D eigenvalue weighted by Crippen LogP contribution is -2.10. The molecule has 0 rings (SSSR count). The second-order valence-electron chi connectivity index (χ2n) is 1.97. The number of hydrogen-bond donors (Lipinski definition) is 0. The molecule has 7 heteroatoms. The number of carbonyl (C=O) groups excluding carboxylic acids is 1. The summed E-state index contributed by atoms with van der Waals surface area (Å²) in [4.78, 5) is 12.2. The van der Waals surface area contributed by atoms with Crippen LogP contribution < -0.4 is 0 Å². The van der Waals surface area contributed by atoms with Crippen LogP contribution in [0.4, 0.5) is 4.39 Å². The van der Waals surface area contributed by atoms with Crippen molar-refractivity contribution in [3.63, 3.8) is 0 Å². The Morgan fingerprint density at radius 1 is 1.38 bits per heavy atom. The van der Waals surface area contributed by atoms with Gasteiger partial charge in [0.05, 0.1) is 19.8 Å². The van der Waals surface area contributed by atoms with Crippen molar-refractivity contribution in [3.05, 3.63) is 10.4 Å². The quantitative estimate of drug-likeness (QED) is 0.187. The molecule has 74 valence electrons. The van der Waals surface area contributed by atoms with Crippen LogP contribution in [0.15, 0.2) is 5.11 Å². The minimum atomic E-state index is -1.51. The Bertz CT molecular complexity index is 188. The Morgan fingerprint density at radius 2 is 2.08 bits per heavy atom. The number of azide groups is 1. The number of hydrogen-bond acceptors (Lipinski definition) is 4. The molecule has 0 N–H and O–H groups in total. The smallest absolute Gasteiger partial charge is 0.326 e. The molecule has 0 unspecified atom stereocenters. The molecule has 6 nitrogen and oxygen atoms in total. The van der Waals surface area contributed by atoms with E-state index in [0.717, 1.165) is 0 Å². The van der Waals surface area contributed by atoms with Crippen molar-refractivity contribution in [3.8, 4) is 0 Å². The monoisotopic (exact) mass is 191 g/mol. The fourth-order valence-corrected chi connectivity index (χ4v) is 0.522. The first-order valence-electron chi connectivity index (χ1n) is 3.62. The molecule has 0 aliphatic carbocycles. The van der Waals surface area contributed by atoms with Gasteiger partial charge in [-0.2, -0.15) is 4.39 Å². The van der Waals surface area contributed by atoms with Crippen molar-refractivity contribution >= 4 is 6.04 Å². The predicted molar refractivity (Wildman–Crippen MR) is 41.8 cm³/mol. The molecule has 0 saturated heterocycles. The van der Waals surface area contributed by atoms with Gasteiger partial charge in [-0.25, -0.2) is 0 Å². The van der Waals surface area contributed by atoms with Crippen LogP contribution in [-0.2, 0) is 14.3 Å². The number of nitrogens with zero attached hydrogens (tertiary/aromatic N) is 3. The van der Waals surface area contributed by atoms with Crippen molar-refractivity contribution in [1.82, 2.24) is 0 Å². The van der Waals surface area contributed by atoms with Gasteiger partial charge in [-0.05, 0) is 5.53 Å². The van der Waals surface area contributed by atoms with Gasteiger partial charge >= 0.3 is 6.04 Å². The van der Waals surface area contributed by atoms with E-state index < -0.39 is 12.6 Å². The molecule has 0 radical (unpaired) electrons. The summed E-state index contributed by atoms with van der Waals surface area (Å²) in [6.07, 6.45) is 0. The largest absolute Gasteiger partial charge is 0.379 e. The third kappa shape index (κ3) is 10.8. The minimum absolute atomic E-state index is 0.145. The normalized spacial score (nSPS) is 9.31. The van der Waals surface area contributed by atoms with Crippen LogP contribution >= 0.6 is 0 Å². The van der Waals surface area contributed by atoms with E-state index in [-0.39, 0.29) is 26.4 Å². The molecule has 0 saturated carbocycles. The van der Waals surface area contributed by atoms with Gasteiger partial charge in [0.1, 0.15) is 6.61 Å². The van der Waals surface area contributed by atoms with Gasteiger partial charge in [-0.1, -0.05) is 5.11 Å². The fourth-order valence-electron chi connectivity index (χ4n) is 0.522. The van der Waals surface area contributed by atoms with E-state index in [1.165, 1.54) is 0 Å². The lowest BCUT2D eigenvalue weighted by Gasteiger charge is -2.01. The average molecular weight is 191 g/mol. The second kappa shape index (κ2) is 8.92. The first-order valence-corrected chi connectivity index (χ1v) is 3.62. The Kier molecular flexibility index (Phi) is 8.12. The van der Waals surface area contributed by atoms with Gasteiger partial charge in [0.25, 0.3) is 0 Å². The van der Waals surface area contributed by atoms with Gasteiger partial charge in [-0.3, -0.25) is 4.79 Å². The SMILES string of the molecule is [N-]=[N+]=NCCOCCOCC(=O)F. The molecule has 0 amide bonds. The first-order chi connectivity index (χ1) is 6.27. The van der Waals surface area contributed by atoms with Crippen molar-refractivity contribution in [2.24, 2.45) is 5.11 Å². The van der Waals surface area contributed by atoms with Crippen molar-refractivity contribution in [1.29, 1.82) is 0 Å². The van der Waals surface area contributed by atoms with E-state index in [1.54, 1.807) is 0 Å². The number of carbonyl (C=O) groups is 1. The summed E-state index contributed by atoms with van der Waals surface area (Å²) in [6.45, 7) is 0.384. The molecular weight excluding hydrogens is 181 g/mol. The van der Waals surface area contributed by atoms with E-state index in [4.69, 9.17) is 10.3 Å². The highest BCUT2D eigenvalue weighted by molar-refractivity contribution is 5.69. The van der Waals surface area contributed by atoms with E-state index in [0.29, 0.717) is 0 Å². The van der Waals surface area contributed by atoms with Crippen molar-refractivity contribution < 1.29 is 18.7 Å². The highest BCUT2D eigenvalue weighted by Gasteiger charge is 1.96. The molecule has 0 bridgehead atoms. The van der Waals surface area contributed by atoms with Crippen LogP contribution in [0, 0.1) is 0 Å². The summed E-state index contributed by atoms with van der Waals surface area (Å²) in [5.41, 5.74) is 7.87. The molecule has 0 fully saturated rings. The summed E-state index contributed by atoms with van der Waals surface area (Å²) in [6, 6.07) is -1.51. The summed E-state index contributed by atoms with van der Waals surface area (Å²) in [7, 11) is 0. The Morgan fingerprint density at radius 3 is 2.69 bits per heavy atom. The van der Waals surface area contributed by atoms with E-state index >= 15 is 0 Å². The van der Waals surface area contributed by atoms with Crippen LogP contribution in [0.5, 0.6) is 0 Å². The molecule has 0 aliphatic rings. The summed E-state index contributed by atoms with van der Waals surface area (Å²) in [5.74, 6) is 0. The van der Waals surface area contributed by atoms with E-state index in [9.17, 15) is 9.18 Å². The van der Waals surface area contributed by atoms with E-state index in [1.807, 2.05) is 0 Å². The third-order valence-corrected chi connectivity index (χ3v) is 0.986. The highest BCUT2D eigenvalue weighted by Crippen LogP contribution is 1.81. The van der Waals surface area contributed by atoms with Crippen LogP contribution in [0.2, 0.25) is 0 Å². The standard InChI is InChI=1S/C6H10FN3O3/c7-6(11)5-13-4-3-12-2-1-9-10-8/h1-5H2. The molecule has 0 aliphatic heterocycles. The molecular formula is C6H10FN3O3. The first kappa shape index (κ1) is 11.8. The molecule has 0 aromatic heterocycles. The zero-order valence-electron chi connectivity index (χ0n) is 6.98. The highest BCUT2D eigenvalue weighted by atomic mass is 19.1. The topological polar surface area (TPSA) is 84.3 Å². The summed E-state index contributed by atoms with van der Waals surface area (Å²) in [5, 5.41) is 3.22. The lowest BCUT2D eigenvalue weighted by molar-refractivity contribution is -0.134. The zero-order chi connectivity index (χ0) is 9.94. The number of halogens is 1. The van der Waals surface area contributed by atoms with Gasteiger partial charge in [0.15, 0.2) is 0 Å². The fraction of sp³-hybridized carbons (Fsp3) is 0.833. The summed E-state index contributed by atoms with van der Waals surface area (Å²) < 4.78 is 21.0. The number of rotatable bonds is 8. The average Bonchev–Trinajstić information content (AvgIpc) is 2.09.